The highest BCUT2D eigenvalue weighted by Crippen LogP contribution is 2.51. The summed E-state index contributed by atoms with van der Waals surface area (Å²) < 4.78 is 0. The number of H-pyrrole nitrogens is 2. The number of carbonyl (C=O) groups is 1. The minimum atomic E-state index is -0.0657. The molecule has 7 nitrogen and oxygen atoms in total. The van der Waals surface area contributed by atoms with E-state index in [1.165, 1.54) is 17.5 Å². The second-order valence-corrected chi connectivity index (χ2v) is 10.1. The van der Waals surface area contributed by atoms with E-state index in [4.69, 9.17) is 5.73 Å². The van der Waals surface area contributed by atoms with Crippen LogP contribution in [-0.4, -0.2) is 37.8 Å². The Balaban J connectivity index is 1.32. The van der Waals surface area contributed by atoms with Crippen LogP contribution in [0.25, 0.3) is 22.0 Å². The van der Waals surface area contributed by atoms with E-state index in [9.17, 15) is 4.79 Å². The molecule has 0 saturated heterocycles. The van der Waals surface area contributed by atoms with Crippen molar-refractivity contribution in [2.45, 2.75) is 38.1 Å². The van der Waals surface area contributed by atoms with Gasteiger partial charge in [0.1, 0.15) is 0 Å². The van der Waals surface area contributed by atoms with Crippen molar-refractivity contribution < 1.29 is 4.79 Å². The molecule has 1 saturated carbocycles. The van der Waals surface area contributed by atoms with Gasteiger partial charge in [0.05, 0.1) is 17.6 Å². The Kier molecular flexibility index (Phi) is 5.56. The van der Waals surface area contributed by atoms with Gasteiger partial charge < -0.3 is 20.6 Å². The fraction of sp³-hybridized carbons (Fsp3) is 0.233. The van der Waals surface area contributed by atoms with Crippen LogP contribution in [0.3, 0.4) is 0 Å². The molecule has 37 heavy (non-hydrogen) atoms. The number of amides is 1. The van der Waals surface area contributed by atoms with Gasteiger partial charge in [0.2, 0.25) is 5.95 Å². The fourth-order valence-corrected chi connectivity index (χ4v) is 5.63. The van der Waals surface area contributed by atoms with E-state index >= 15 is 0 Å². The first-order chi connectivity index (χ1) is 17.9. The number of anilines is 1. The Morgan fingerprint density at radius 3 is 2.43 bits per heavy atom. The van der Waals surface area contributed by atoms with Crippen molar-refractivity contribution in [3.8, 4) is 11.1 Å². The standard InChI is InChI=1S/C30H30N6O/c1-19-13-23(32-14-19)18-36(2)28(37)25-6-3-5-24-26(17-33-27(24)25)30(11-4-12-30)22-9-7-20(8-10-22)21-15-34-29(31)35-16-21/h3,5-10,13-17,32-33H,4,11-12,18H2,1-2H3,(H2,31,34,35). The van der Waals surface area contributed by atoms with Crippen LogP contribution in [0.1, 0.15) is 52.0 Å². The molecule has 0 spiro atoms. The number of fused-ring (bicyclic) bond motifs is 1. The largest absolute Gasteiger partial charge is 0.368 e. The molecule has 0 atom stereocenters. The summed E-state index contributed by atoms with van der Waals surface area (Å²) in [6.45, 7) is 2.57. The lowest BCUT2D eigenvalue weighted by molar-refractivity contribution is 0.0785. The van der Waals surface area contributed by atoms with Gasteiger partial charge in [-0.1, -0.05) is 42.8 Å². The summed E-state index contributed by atoms with van der Waals surface area (Å²) in [5.41, 5.74) is 13.9. The van der Waals surface area contributed by atoms with Crippen LogP contribution in [0.4, 0.5) is 5.95 Å². The van der Waals surface area contributed by atoms with Crippen LogP contribution < -0.4 is 5.73 Å². The van der Waals surface area contributed by atoms with Gasteiger partial charge in [0.15, 0.2) is 0 Å². The van der Waals surface area contributed by atoms with E-state index in [1.807, 2.05) is 32.3 Å². The van der Waals surface area contributed by atoms with Gasteiger partial charge in [-0.2, -0.15) is 0 Å². The Morgan fingerprint density at radius 2 is 1.78 bits per heavy atom. The molecule has 7 heteroatoms. The number of nitrogen functional groups attached to an aromatic ring is 1. The number of hydrogen-bond donors (Lipinski definition) is 3. The van der Waals surface area contributed by atoms with Crippen LogP contribution in [0, 0.1) is 6.92 Å². The van der Waals surface area contributed by atoms with E-state index in [0.717, 1.165) is 46.1 Å². The van der Waals surface area contributed by atoms with Gasteiger partial charge in [-0.15, -0.1) is 0 Å². The van der Waals surface area contributed by atoms with Gasteiger partial charge >= 0.3 is 0 Å². The summed E-state index contributed by atoms with van der Waals surface area (Å²) in [4.78, 5) is 30.2. The molecule has 2 aromatic carbocycles. The zero-order chi connectivity index (χ0) is 25.6. The summed E-state index contributed by atoms with van der Waals surface area (Å²) in [5, 5.41) is 1.12. The third-order valence-corrected chi connectivity index (χ3v) is 7.75. The molecule has 186 valence electrons. The average Bonchev–Trinajstić information content (AvgIpc) is 3.50. The predicted molar refractivity (Wildman–Crippen MR) is 146 cm³/mol. The van der Waals surface area contributed by atoms with Crippen molar-refractivity contribution in [2.24, 2.45) is 0 Å². The molecular weight excluding hydrogens is 460 g/mol. The average molecular weight is 491 g/mol. The monoisotopic (exact) mass is 490 g/mol. The summed E-state index contributed by atoms with van der Waals surface area (Å²) in [6.07, 6.45) is 10.9. The maximum absolute atomic E-state index is 13.4. The van der Waals surface area contributed by atoms with E-state index in [1.54, 1.807) is 17.3 Å². The van der Waals surface area contributed by atoms with Gasteiger partial charge in [-0.25, -0.2) is 9.97 Å². The van der Waals surface area contributed by atoms with E-state index < -0.39 is 0 Å². The fourth-order valence-electron chi connectivity index (χ4n) is 5.63. The number of aromatic nitrogens is 4. The van der Waals surface area contributed by atoms with Crippen molar-refractivity contribution in [3.05, 3.63) is 101 Å². The van der Waals surface area contributed by atoms with Crippen LogP contribution >= 0.6 is 0 Å². The number of hydrogen-bond acceptors (Lipinski definition) is 4. The number of rotatable bonds is 6. The molecule has 5 aromatic rings. The van der Waals surface area contributed by atoms with E-state index in [-0.39, 0.29) is 17.3 Å². The highest BCUT2D eigenvalue weighted by Gasteiger charge is 2.42. The molecule has 0 unspecified atom stereocenters. The number of carbonyl (C=O) groups excluding carboxylic acids is 1. The Hall–Kier alpha value is -4.39. The molecule has 0 radical (unpaired) electrons. The Labute approximate surface area is 215 Å². The quantitative estimate of drug-likeness (QED) is 0.289. The predicted octanol–water partition coefficient (Wildman–Crippen LogP) is 5.59. The number of nitrogens with one attached hydrogen (secondary N) is 2. The van der Waals surface area contributed by atoms with E-state index in [2.05, 4.69) is 62.5 Å². The molecule has 4 N–H and O–H groups in total. The zero-order valence-corrected chi connectivity index (χ0v) is 21.1. The number of benzene rings is 2. The number of nitrogens with two attached hydrogens (primary N) is 1. The first kappa shape index (κ1) is 23.0. The van der Waals surface area contributed by atoms with Crippen molar-refractivity contribution in [2.75, 3.05) is 12.8 Å². The molecule has 3 heterocycles. The Morgan fingerprint density at radius 1 is 1.03 bits per heavy atom. The number of aromatic amines is 2. The van der Waals surface area contributed by atoms with Gasteiger partial charge in [0.25, 0.3) is 5.91 Å². The minimum Gasteiger partial charge on any atom is -0.368 e. The molecule has 1 amide bonds. The maximum Gasteiger partial charge on any atom is 0.256 e. The third-order valence-electron chi connectivity index (χ3n) is 7.75. The number of para-hydroxylation sites is 1. The second kappa shape index (κ2) is 8.92. The molecular formula is C30H30N6O. The lowest BCUT2D eigenvalue weighted by Gasteiger charge is -2.43. The zero-order valence-electron chi connectivity index (χ0n) is 21.1. The van der Waals surface area contributed by atoms with Gasteiger partial charge in [-0.05, 0) is 54.2 Å². The van der Waals surface area contributed by atoms with Gasteiger partial charge in [0, 0.05) is 53.9 Å². The highest BCUT2D eigenvalue weighted by atomic mass is 16.2. The summed E-state index contributed by atoms with van der Waals surface area (Å²) in [7, 11) is 1.85. The normalized spacial score (nSPS) is 14.4. The van der Waals surface area contributed by atoms with Crippen LogP contribution in [0.15, 0.2) is 73.3 Å². The topological polar surface area (TPSA) is 104 Å². The highest BCUT2D eigenvalue weighted by molar-refractivity contribution is 6.06. The SMILES string of the molecule is Cc1c[nH]c(CN(C)C(=O)c2cccc3c(C4(c5ccc(-c6cnc(N)nc6)cc5)CCC4)c[nH]c23)c1. The molecule has 3 aromatic heterocycles. The lowest BCUT2D eigenvalue weighted by Crippen LogP contribution is -2.35. The van der Waals surface area contributed by atoms with Crippen molar-refractivity contribution >= 4 is 22.8 Å². The molecule has 0 aliphatic heterocycles. The van der Waals surface area contributed by atoms with Crippen molar-refractivity contribution in [1.82, 2.24) is 24.8 Å². The van der Waals surface area contributed by atoms with Crippen LogP contribution in [-0.2, 0) is 12.0 Å². The van der Waals surface area contributed by atoms with Crippen LogP contribution in [0.2, 0.25) is 0 Å². The van der Waals surface area contributed by atoms with Crippen molar-refractivity contribution in [1.29, 1.82) is 0 Å². The summed E-state index contributed by atoms with van der Waals surface area (Å²) in [5.74, 6) is 0.278. The first-order valence-corrected chi connectivity index (χ1v) is 12.6. The molecule has 1 aliphatic rings. The minimum absolute atomic E-state index is 0.00369. The first-order valence-electron chi connectivity index (χ1n) is 12.6. The summed E-state index contributed by atoms with van der Waals surface area (Å²) in [6, 6.07) is 16.8. The van der Waals surface area contributed by atoms with Crippen LogP contribution in [0.5, 0.6) is 0 Å². The van der Waals surface area contributed by atoms with Crippen molar-refractivity contribution in [3.63, 3.8) is 0 Å². The molecule has 6 rings (SSSR count). The number of aryl methyl sites for hydroxylation is 1. The molecule has 1 fully saturated rings. The molecule has 1 aliphatic carbocycles. The lowest BCUT2D eigenvalue weighted by atomic mass is 9.60. The number of nitrogens with zero attached hydrogens (tertiary/aromatic N) is 3. The maximum atomic E-state index is 13.4. The smallest absolute Gasteiger partial charge is 0.256 e. The summed E-state index contributed by atoms with van der Waals surface area (Å²) >= 11 is 0. The Bertz CT molecular complexity index is 1570. The molecule has 0 bridgehead atoms. The van der Waals surface area contributed by atoms with E-state index in [0.29, 0.717) is 12.1 Å². The van der Waals surface area contributed by atoms with Gasteiger partial charge in [-0.3, -0.25) is 4.79 Å². The second-order valence-electron chi connectivity index (χ2n) is 10.1. The third kappa shape index (κ3) is 3.96.